The van der Waals surface area contributed by atoms with Gasteiger partial charge in [-0.25, -0.2) is 4.98 Å². The molecule has 0 saturated heterocycles. The van der Waals surface area contributed by atoms with Gasteiger partial charge in [0, 0.05) is 6.92 Å². The van der Waals surface area contributed by atoms with E-state index in [2.05, 4.69) is 4.98 Å². The number of para-hydroxylation sites is 1. The van der Waals surface area contributed by atoms with E-state index >= 15 is 0 Å². The molecule has 0 aliphatic heterocycles. The molecular weight excluding hydrogens is 223 g/mol. The molecule has 16 heavy (non-hydrogen) atoms. The first-order valence-electron chi connectivity index (χ1n) is 4.37. The van der Waals surface area contributed by atoms with Gasteiger partial charge in [-0.05, 0) is 12.1 Å². The summed E-state index contributed by atoms with van der Waals surface area (Å²) >= 11 is 0. The van der Waals surface area contributed by atoms with Crippen LogP contribution in [0.25, 0.3) is 11.1 Å². The number of nitrogens with zero attached hydrogens (tertiary/aromatic N) is 1. The van der Waals surface area contributed by atoms with E-state index in [1.807, 2.05) is 0 Å². The number of halogens is 3. The van der Waals surface area contributed by atoms with Crippen molar-refractivity contribution in [2.75, 3.05) is 0 Å². The van der Waals surface area contributed by atoms with Crippen molar-refractivity contribution in [3.8, 4) is 0 Å². The summed E-state index contributed by atoms with van der Waals surface area (Å²) in [5.41, 5.74) is -1.28. The van der Waals surface area contributed by atoms with Gasteiger partial charge in [-0.15, -0.1) is 0 Å². The molecule has 1 aromatic carbocycles. The smallest absolute Gasteiger partial charge is 0.418 e. The normalized spacial score (nSPS) is 12.0. The molecule has 0 saturated carbocycles. The lowest BCUT2D eigenvalue weighted by atomic mass is 10.2. The van der Waals surface area contributed by atoms with E-state index in [-0.39, 0.29) is 17.0 Å². The first kappa shape index (κ1) is 10.7. The number of carbonyl (C=O) groups is 1. The average Bonchev–Trinajstić information content (AvgIpc) is 2.58. The summed E-state index contributed by atoms with van der Waals surface area (Å²) in [7, 11) is 0. The standard InChI is InChI=1S/C10H6F3NO2/c1-5(15)9-14-8-6(10(11,12)13)3-2-4-7(8)16-9/h2-4H,1H3. The number of Topliss-reactive ketones (excluding diaryl/α,β-unsaturated/α-hetero) is 1. The van der Waals surface area contributed by atoms with Crippen molar-refractivity contribution in [3.05, 3.63) is 29.7 Å². The summed E-state index contributed by atoms with van der Waals surface area (Å²) in [4.78, 5) is 14.5. The summed E-state index contributed by atoms with van der Waals surface area (Å²) in [6.45, 7) is 1.18. The third kappa shape index (κ3) is 1.66. The number of fused-ring (bicyclic) bond motifs is 1. The molecule has 0 radical (unpaired) electrons. The van der Waals surface area contributed by atoms with Crippen LogP contribution in [0, 0.1) is 0 Å². The van der Waals surface area contributed by atoms with Crippen LogP contribution in [0.4, 0.5) is 13.2 Å². The summed E-state index contributed by atoms with van der Waals surface area (Å²) in [6, 6.07) is 3.44. The lowest BCUT2D eigenvalue weighted by Crippen LogP contribution is -2.05. The van der Waals surface area contributed by atoms with Gasteiger partial charge in [0.05, 0.1) is 5.56 Å². The molecule has 6 heteroatoms. The summed E-state index contributed by atoms with van der Waals surface area (Å²) in [5, 5.41) is 0. The fourth-order valence-electron chi connectivity index (χ4n) is 1.33. The van der Waals surface area contributed by atoms with Crippen LogP contribution in [0.5, 0.6) is 0 Å². The van der Waals surface area contributed by atoms with E-state index in [4.69, 9.17) is 4.42 Å². The van der Waals surface area contributed by atoms with E-state index in [0.717, 1.165) is 6.07 Å². The fraction of sp³-hybridized carbons (Fsp3) is 0.200. The molecule has 0 atom stereocenters. The first-order chi connectivity index (χ1) is 7.39. The van der Waals surface area contributed by atoms with Crippen molar-refractivity contribution in [1.29, 1.82) is 0 Å². The monoisotopic (exact) mass is 229 g/mol. The highest BCUT2D eigenvalue weighted by Gasteiger charge is 2.34. The van der Waals surface area contributed by atoms with Crippen LogP contribution < -0.4 is 0 Å². The van der Waals surface area contributed by atoms with Crippen LogP contribution >= 0.6 is 0 Å². The highest BCUT2D eigenvalue weighted by atomic mass is 19.4. The van der Waals surface area contributed by atoms with Gasteiger partial charge >= 0.3 is 6.18 Å². The van der Waals surface area contributed by atoms with Gasteiger partial charge in [0.1, 0.15) is 5.52 Å². The van der Waals surface area contributed by atoms with Gasteiger partial charge in [-0.1, -0.05) is 6.07 Å². The maximum Gasteiger partial charge on any atom is 0.418 e. The molecule has 84 valence electrons. The average molecular weight is 229 g/mol. The van der Waals surface area contributed by atoms with Crippen LogP contribution in [0.1, 0.15) is 23.2 Å². The number of carbonyl (C=O) groups excluding carboxylic acids is 1. The van der Waals surface area contributed by atoms with E-state index < -0.39 is 17.5 Å². The number of rotatable bonds is 1. The van der Waals surface area contributed by atoms with E-state index in [1.165, 1.54) is 19.1 Å². The Balaban J connectivity index is 2.73. The molecule has 0 unspecified atom stereocenters. The SMILES string of the molecule is CC(=O)c1nc2c(C(F)(F)F)cccc2o1. The molecule has 0 N–H and O–H groups in total. The lowest BCUT2D eigenvalue weighted by Gasteiger charge is -2.05. The highest BCUT2D eigenvalue weighted by molar-refractivity contribution is 5.92. The molecule has 1 heterocycles. The first-order valence-corrected chi connectivity index (χ1v) is 4.37. The molecule has 0 spiro atoms. The summed E-state index contributed by atoms with van der Waals surface area (Å²) in [5.74, 6) is -0.823. The Hall–Kier alpha value is -1.85. The van der Waals surface area contributed by atoms with Crippen molar-refractivity contribution in [3.63, 3.8) is 0 Å². The van der Waals surface area contributed by atoms with Gasteiger partial charge in [0.25, 0.3) is 5.89 Å². The molecule has 0 fully saturated rings. The molecule has 2 aromatic rings. The Bertz CT molecular complexity index is 557. The molecule has 2 rings (SSSR count). The molecular formula is C10H6F3NO2. The van der Waals surface area contributed by atoms with Crippen LogP contribution in [0.2, 0.25) is 0 Å². The van der Waals surface area contributed by atoms with Gasteiger partial charge in [-0.3, -0.25) is 4.79 Å². The van der Waals surface area contributed by atoms with Crippen LogP contribution in [0.3, 0.4) is 0 Å². The zero-order chi connectivity index (χ0) is 11.9. The van der Waals surface area contributed by atoms with Crippen LogP contribution in [0.15, 0.2) is 22.6 Å². The minimum atomic E-state index is -4.51. The third-order valence-corrected chi connectivity index (χ3v) is 2.03. The lowest BCUT2D eigenvalue weighted by molar-refractivity contribution is -0.136. The summed E-state index contributed by atoms with van der Waals surface area (Å²) < 4.78 is 42.6. The number of benzene rings is 1. The van der Waals surface area contributed by atoms with Crippen molar-refractivity contribution in [1.82, 2.24) is 4.98 Å². The van der Waals surface area contributed by atoms with Crippen molar-refractivity contribution in [2.24, 2.45) is 0 Å². The van der Waals surface area contributed by atoms with Crippen molar-refractivity contribution >= 4 is 16.9 Å². The Labute approximate surface area is 87.9 Å². The summed E-state index contributed by atoms with van der Waals surface area (Å²) in [6.07, 6.45) is -4.51. The van der Waals surface area contributed by atoms with Crippen LogP contribution in [-0.2, 0) is 6.18 Å². The quantitative estimate of drug-likeness (QED) is 0.706. The van der Waals surface area contributed by atoms with Gasteiger partial charge in [-0.2, -0.15) is 13.2 Å². The number of aromatic nitrogens is 1. The molecule has 0 amide bonds. The van der Waals surface area contributed by atoms with E-state index in [1.54, 1.807) is 0 Å². The van der Waals surface area contributed by atoms with Crippen LogP contribution in [-0.4, -0.2) is 10.8 Å². The minimum Gasteiger partial charge on any atom is -0.434 e. The zero-order valence-corrected chi connectivity index (χ0v) is 8.13. The Kier molecular flexibility index (Phi) is 2.22. The minimum absolute atomic E-state index is 0.0416. The maximum absolute atomic E-state index is 12.6. The second kappa shape index (κ2) is 3.33. The van der Waals surface area contributed by atoms with Crippen molar-refractivity contribution in [2.45, 2.75) is 13.1 Å². The third-order valence-electron chi connectivity index (χ3n) is 2.03. The predicted molar refractivity (Wildman–Crippen MR) is 49.0 cm³/mol. The van der Waals surface area contributed by atoms with Gasteiger partial charge in [0.2, 0.25) is 5.78 Å². The van der Waals surface area contributed by atoms with E-state index in [0.29, 0.717) is 0 Å². The second-order valence-corrected chi connectivity index (χ2v) is 3.23. The molecule has 0 aliphatic rings. The predicted octanol–water partition coefficient (Wildman–Crippen LogP) is 3.05. The number of hydrogen-bond acceptors (Lipinski definition) is 3. The van der Waals surface area contributed by atoms with Gasteiger partial charge in [0.15, 0.2) is 5.58 Å². The second-order valence-electron chi connectivity index (χ2n) is 3.23. The molecule has 0 bridgehead atoms. The number of alkyl halides is 3. The Morgan fingerprint density at radius 3 is 2.62 bits per heavy atom. The highest BCUT2D eigenvalue weighted by Crippen LogP contribution is 2.34. The van der Waals surface area contributed by atoms with Crippen molar-refractivity contribution < 1.29 is 22.4 Å². The molecule has 3 nitrogen and oxygen atoms in total. The number of hydrogen-bond donors (Lipinski definition) is 0. The number of ketones is 1. The van der Waals surface area contributed by atoms with E-state index in [9.17, 15) is 18.0 Å². The zero-order valence-electron chi connectivity index (χ0n) is 8.13. The molecule has 1 aromatic heterocycles. The fourth-order valence-corrected chi connectivity index (χ4v) is 1.33. The number of oxazole rings is 1. The maximum atomic E-state index is 12.6. The van der Waals surface area contributed by atoms with Gasteiger partial charge < -0.3 is 4.42 Å². The largest absolute Gasteiger partial charge is 0.434 e. The Morgan fingerprint density at radius 1 is 1.38 bits per heavy atom. The topological polar surface area (TPSA) is 43.1 Å². The molecule has 0 aliphatic carbocycles. The Morgan fingerprint density at radius 2 is 2.06 bits per heavy atom.